The molecule has 1 fully saturated rings. The van der Waals surface area contributed by atoms with E-state index >= 15 is 0 Å². The predicted octanol–water partition coefficient (Wildman–Crippen LogP) is 5.61. The van der Waals surface area contributed by atoms with Crippen molar-refractivity contribution in [1.82, 2.24) is 23.9 Å². The molecule has 9 nitrogen and oxygen atoms in total. The highest BCUT2D eigenvalue weighted by atomic mass is 16.5. The van der Waals surface area contributed by atoms with E-state index in [1.807, 2.05) is 23.0 Å². The van der Waals surface area contributed by atoms with Crippen molar-refractivity contribution < 1.29 is 14.3 Å². The van der Waals surface area contributed by atoms with Crippen molar-refractivity contribution in [2.75, 3.05) is 12.3 Å². The highest BCUT2D eigenvalue weighted by Gasteiger charge is 2.35. The SMILES string of the molecule is CCOC(=O)c1nccn1CC1CC(c2nc(-c3ccc4c(c3)OC(c3ccccc3)CC4)c3c(N)nccn23)C1. The standard InChI is InChI=1S/C32H32N6O3/c1-2-40-32(39)31-35-12-14-37(31)19-20-16-24(17-20)30-36-27(28-29(33)34-13-15-38(28)30)23-9-8-22-10-11-25(41-26(22)18-23)21-6-4-3-5-7-21/h3-9,12-15,18,20,24-25H,2,10-11,16-17,19H2,1H3,(H2,33,34). The normalized spacial score (nSPS) is 19.8. The number of nitrogen functional groups attached to an aromatic ring is 1. The van der Waals surface area contributed by atoms with E-state index in [1.165, 1.54) is 11.1 Å². The van der Waals surface area contributed by atoms with Crippen LogP contribution >= 0.6 is 0 Å². The topological polar surface area (TPSA) is 110 Å². The number of anilines is 1. The smallest absolute Gasteiger partial charge is 0.374 e. The Morgan fingerprint density at radius 2 is 1.93 bits per heavy atom. The molecule has 1 aliphatic heterocycles. The number of nitrogens with zero attached hydrogens (tertiary/aromatic N) is 5. The summed E-state index contributed by atoms with van der Waals surface area (Å²) in [6.07, 6.45) is 11.0. The van der Waals surface area contributed by atoms with Gasteiger partial charge in [0.1, 0.15) is 34.7 Å². The number of rotatable bonds is 7. The molecule has 5 aromatic rings. The first kappa shape index (κ1) is 25.3. The molecule has 1 saturated carbocycles. The summed E-state index contributed by atoms with van der Waals surface area (Å²) in [5.41, 5.74) is 11.4. The summed E-state index contributed by atoms with van der Waals surface area (Å²) in [6.45, 7) is 2.84. The Balaban J connectivity index is 1.15. The number of fused-ring (bicyclic) bond motifs is 2. The number of carbonyl (C=O) groups excluding carboxylic acids is 1. The van der Waals surface area contributed by atoms with Gasteiger partial charge in [-0.25, -0.2) is 19.7 Å². The van der Waals surface area contributed by atoms with Crippen LogP contribution in [0.25, 0.3) is 16.8 Å². The summed E-state index contributed by atoms with van der Waals surface area (Å²) < 4.78 is 15.6. The summed E-state index contributed by atoms with van der Waals surface area (Å²) in [4.78, 5) is 26.0. The van der Waals surface area contributed by atoms with Gasteiger partial charge in [-0.15, -0.1) is 0 Å². The highest BCUT2D eigenvalue weighted by molar-refractivity contribution is 5.86. The van der Waals surface area contributed by atoms with Crippen LogP contribution in [-0.2, 0) is 17.7 Å². The van der Waals surface area contributed by atoms with E-state index in [2.05, 4.69) is 56.8 Å². The van der Waals surface area contributed by atoms with Gasteiger partial charge in [-0.05, 0) is 55.7 Å². The molecule has 0 bridgehead atoms. The monoisotopic (exact) mass is 548 g/mol. The van der Waals surface area contributed by atoms with Crippen LogP contribution in [-0.4, -0.2) is 36.5 Å². The molecule has 0 saturated heterocycles. The summed E-state index contributed by atoms with van der Waals surface area (Å²) in [7, 11) is 0. The van der Waals surface area contributed by atoms with Gasteiger partial charge in [0.2, 0.25) is 5.82 Å². The maximum absolute atomic E-state index is 12.3. The van der Waals surface area contributed by atoms with E-state index in [9.17, 15) is 4.79 Å². The molecule has 0 amide bonds. The molecule has 208 valence electrons. The molecule has 2 aliphatic rings. The number of hydrogen-bond donors (Lipinski definition) is 1. The number of ether oxygens (including phenoxy) is 2. The van der Waals surface area contributed by atoms with Crippen LogP contribution in [0.5, 0.6) is 5.75 Å². The minimum atomic E-state index is -0.385. The van der Waals surface area contributed by atoms with Crippen molar-refractivity contribution in [2.45, 2.75) is 51.2 Å². The zero-order valence-electron chi connectivity index (χ0n) is 22.9. The van der Waals surface area contributed by atoms with E-state index in [-0.39, 0.29) is 18.0 Å². The van der Waals surface area contributed by atoms with Gasteiger partial charge in [-0.2, -0.15) is 0 Å². The summed E-state index contributed by atoms with van der Waals surface area (Å²) >= 11 is 0. The van der Waals surface area contributed by atoms with Crippen LogP contribution in [0.4, 0.5) is 5.82 Å². The Labute approximate surface area is 238 Å². The third kappa shape index (κ3) is 4.61. The minimum absolute atomic E-state index is 0.0340. The van der Waals surface area contributed by atoms with E-state index in [0.29, 0.717) is 24.2 Å². The second kappa shape index (κ2) is 10.4. The van der Waals surface area contributed by atoms with Gasteiger partial charge >= 0.3 is 5.97 Å². The number of aromatic nitrogens is 5. The summed E-state index contributed by atoms with van der Waals surface area (Å²) in [6, 6.07) is 16.7. The molecule has 7 rings (SSSR count). The first-order valence-corrected chi connectivity index (χ1v) is 14.2. The molecule has 9 heteroatoms. The van der Waals surface area contributed by atoms with Crippen LogP contribution in [0.3, 0.4) is 0 Å². The Morgan fingerprint density at radius 3 is 2.76 bits per heavy atom. The first-order valence-electron chi connectivity index (χ1n) is 14.2. The van der Waals surface area contributed by atoms with Crippen LogP contribution in [0.15, 0.2) is 73.3 Å². The van der Waals surface area contributed by atoms with Gasteiger partial charge in [0.15, 0.2) is 0 Å². The van der Waals surface area contributed by atoms with E-state index in [0.717, 1.165) is 60.6 Å². The Hall–Kier alpha value is -4.66. The number of esters is 1. The second-order valence-corrected chi connectivity index (χ2v) is 10.9. The molecule has 4 heterocycles. The molecule has 0 radical (unpaired) electrons. The van der Waals surface area contributed by atoms with Crippen LogP contribution in [0.2, 0.25) is 0 Å². The lowest BCUT2D eigenvalue weighted by Crippen LogP contribution is -2.28. The maximum atomic E-state index is 12.3. The third-order valence-corrected chi connectivity index (χ3v) is 8.30. The van der Waals surface area contributed by atoms with Crippen molar-refractivity contribution >= 4 is 17.3 Å². The number of nitrogens with two attached hydrogens (primary N) is 1. The molecule has 0 spiro atoms. The van der Waals surface area contributed by atoms with Gasteiger partial charge < -0.3 is 19.8 Å². The van der Waals surface area contributed by atoms with Crippen LogP contribution in [0.1, 0.15) is 65.8 Å². The van der Waals surface area contributed by atoms with Gasteiger partial charge in [0.25, 0.3) is 0 Å². The average Bonchev–Trinajstić information content (AvgIpc) is 3.60. The third-order valence-electron chi connectivity index (χ3n) is 8.30. The van der Waals surface area contributed by atoms with Crippen molar-refractivity contribution in [2.24, 2.45) is 5.92 Å². The average molecular weight is 549 g/mol. The fraction of sp³-hybridized carbons (Fsp3) is 0.312. The minimum Gasteiger partial charge on any atom is -0.485 e. The lowest BCUT2D eigenvalue weighted by Gasteiger charge is -2.34. The fourth-order valence-electron chi connectivity index (χ4n) is 6.21. The number of imidazole rings is 2. The molecule has 1 unspecified atom stereocenters. The lowest BCUT2D eigenvalue weighted by molar-refractivity contribution is 0.0503. The second-order valence-electron chi connectivity index (χ2n) is 10.9. The van der Waals surface area contributed by atoms with Crippen molar-refractivity contribution in [1.29, 1.82) is 0 Å². The van der Waals surface area contributed by atoms with Gasteiger partial charge in [0, 0.05) is 42.8 Å². The number of benzene rings is 2. The Bertz CT molecular complexity index is 1720. The Morgan fingerprint density at radius 1 is 1.10 bits per heavy atom. The predicted molar refractivity (Wildman–Crippen MR) is 155 cm³/mol. The fourth-order valence-corrected chi connectivity index (χ4v) is 6.21. The first-order chi connectivity index (χ1) is 20.1. The largest absolute Gasteiger partial charge is 0.485 e. The zero-order chi connectivity index (χ0) is 27.9. The molecule has 1 aliphatic carbocycles. The zero-order valence-corrected chi connectivity index (χ0v) is 22.9. The number of carbonyl (C=O) groups is 1. The molecule has 3 aromatic heterocycles. The molecule has 41 heavy (non-hydrogen) atoms. The van der Waals surface area contributed by atoms with Crippen molar-refractivity contribution in [3.05, 3.63) is 96.1 Å². The van der Waals surface area contributed by atoms with E-state index < -0.39 is 0 Å². The number of hydrogen-bond acceptors (Lipinski definition) is 7. The van der Waals surface area contributed by atoms with Gasteiger partial charge in [-0.1, -0.05) is 42.5 Å². The van der Waals surface area contributed by atoms with E-state index in [1.54, 1.807) is 19.3 Å². The molecular formula is C32H32N6O3. The number of aryl methyl sites for hydroxylation is 1. The molecule has 1 atom stereocenters. The highest BCUT2D eigenvalue weighted by Crippen LogP contribution is 2.45. The van der Waals surface area contributed by atoms with E-state index in [4.69, 9.17) is 20.2 Å². The van der Waals surface area contributed by atoms with Gasteiger partial charge in [-0.3, -0.25) is 4.40 Å². The quantitative estimate of drug-likeness (QED) is 0.263. The van der Waals surface area contributed by atoms with Gasteiger partial charge in [0.05, 0.1) is 6.61 Å². The lowest BCUT2D eigenvalue weighted by atomic mass is 9.74. The van der Waals surface area contributed by atoms with Crippen molar-refractivity contribution in [3.8, 4) is 17.0 Å². The summed E-state index contributed by atoms with van der Waals surface area (Å²) in [5.74, 6) is 2.98. The molecule has 2 N–H and O–H groups in total. The Kier molecular flexibility index (Phi) is 6.41. The van der Waals surface area contributed by atoms with Crippen LogP contribution in [0, 0.1) is 5.92 Å². The molecular weight excluding hydrogens is 516 g/mol. The molecule has 2 aromatic carbocycles. The van der Waals surface area contributed by atoms with Crippen molar-refractivity contribution in [3.63, 3.8) is 0 Å². The maximum Gasteiger partial charge on any atom is 0.374 e. The van der Waals surface area contributed by atoms with Crippen LogP contribution < -0.4 is 10.5 Å². The summed E-state index contributed by atoms with van der Waals surface area (Å²) in [5, 5.41) is 0.